The van der Waals surface area contributed by atoms with E-state index in [1.54, 1.807) is 0 Å². The fourth-order valence-electron chi connectivity index (χ4n) is 3.42. The number of amides is 1. The van der Waals surface area contributed by atoms with Crippen molar-refractivity contribution in [3.63, 3.8) is 0 Å². The molecule has 1 aliphatic heterocycles. The van der Waals surface area contributed by atoms with Crippen LogP contribution in [-0.2, 0) is 4.79 Å². The fourth-order valence-corrected chi connectivity index (χ4v) is 3.73. The van der Waals surface area contributed by atoms with Crippen LogP contribution in [0.25, 0.3) is 0 Å². The van der Waals surface area contributed by atoms with E-state index in [1.807, 2.05) is 0 Å². The van der Waals surface area contributed by atoms with Gasteiger partial charge in [0.05, 0.1) is 0 Å². The zero-order valence-corrected chi connectivity index (χ0v) is 12.2. The largest absolute Gasteiger partial charge is 0.342 e. The minimum atomic E-state index is 0.161. The molecule has 1 atom stereocenters. The smallest absolute Gasteiger partial charge is 0.226 e. The van der Waals surface area contributed by atoms with Crippen molar-refractivity contribution < 1.29 is 4.79 Å². The molecule has 0 aromatic heterocycles. The lowest BCUT2D eigenvalue weighted by atomic mass is 10.0. The molecule has 1 aliphatic carbocycles. The first kappa shape index (κ1) is 13.2. The third-order valence-electron chi connectivity index (χ3n) is 5.38. The Morgan fingerprint density at radius 1 is 1.29 bits per heavy atom. The maximum absolute atomic E-state index is 12.5. The number of carbonyl (C=O) groups is 1. The molecule has 2 rings (SSSR count). The standard InChI is InChI=1S/C14H24ClNO/c1-13(2)11(14(13,3)4)12(17)16-8-6-10(9-16)5-7-15/h10-11H,5-9H2,1-4H3. The van der Waals surface area contributed by atoms with Crippen LogP contribution in [0.2, 0.25) is 0 Å². The van der Waals surface area contributed by atoms with E-state index < -0.39 is 0 Å². The molecular formula is C14H24ClNO. The highest BCUT2D eigenvalue weighted by Crippen LogP contribution is 2.68. The van der Waals surface area contributed by atoms with Crippen LogP contribution < -0.4 is 0 Å². The van der Waals surface area contributed by atoms with Gasteiger partial charge in [0, 0.05) is 24.9 Å². The van der Waals surface area contributed by atoms with Crippen LogP contribution in [0.5, 0.6) is 0 Å². The summed E-state index contributed by atoms with van der Waals surface area (Å²) in [4.78, 5) is 14.5. The molecule has 1 unspecified atom stereocenters. The number of halogens is 1. The second kappa shape index (κ2) is 4.15. The average Bonchev–Trinajstić information content (AvgIpc) is 2.59. The molecular weight excluding hydrogens is 234 g/mol. The lowest BCUT2D eigenvalue weighted by Crippen LogP contribution is -2.32. The molecule has 0 radical (unpaired) electrons. The topological polar surface area (TPSA) is 20.3 Å². The van der Waals surface area contributed by atoms with Crippen LogP contribution in [0.4, 0.5) is 0 Å². The number of rotatable bonds is 3. The van der Waals surface area contributed by atoms with Gasteiger partial charge in [-0.05, 0) is 29.6 Å². The minimum absolute atomic E-state index is 0.161. The Morgan fingerprint density at radius 3 is 2.35 bits per heavy atom. The SMILES string of the molecule is CC1(C)C(C(=O)N2CCC(CCCl)C2)C1(C)C. The Labute approximate surface area is 110 Å². The Balaban J connectivity index is 1.95. The van der Waals surface area contributed by atoms with E-state index in [2.05, 4.69) is 32.6 Å². The van der Waals surface area contributed by atoms with Crippen molar-refractivity contribution in [2.75, 3.05) is 19.0 Å². The van der Waals surface area contributed by atoms with Crippen molar-refractivity contribution >= 4 is 17.5 Å². The van der Waals surface area contributed by atoms with Crippen molar-refractivity contribution in [3.8, 4) is 0 Å². The lowest BCUT2D eigenvalue weighted by molar-refractivity contribution is -0.132. The van der Waals surface area contributed by atoms with Gasteiger partial charge in [0.1, 0.15) is 0 Å². The van der Waals surface area contributed by atoms with Crippen LogP contribution in [0.1, 0.15) is 40.5 Å². The molecule has 0 spiro atoms. The Morgan fingerprint density at radius 2 is 1.88 bits per heavy atom. The molecule has 1 saturated heterocycles. The zero-order chi connectivity index (χ0) is 12.8. The monoisotopic (exact) mass is 257 g/mol. The van der Waals surface area contributed by atoms with Gasteiger partial charge < -0.3 is 4.90 Å². The number of nitrogens with zero attached hydrogens (tertiary/aromatic N) is 1. The van der Waals surface area contributed by atoms with Crippen LogP contribution in [0, 0.1) is 22.7 Å². The summed E-state index contributed by atoms with van der Waals surface area (Å²) in [5.41, 5.74) is 0.323. The van der Waals surface area contributed by atoms with Crippen molar-refractivity contribution in [1.29, 1.82) is 0 Å². The van der Waals surface area contributed by atoms with Crippen molar-refractivity contribution in [3.05, 3.63) is 0 Å². The van der Waals surface area contributed by atoms with Crippen molar-refractivity contribution in [2.45, 2.75) is 40.5 Å². The second-order valence-corrected chi connectivity index (χ2v) is 7.17. The molecule has 1 saturated carbocycles. The molecule has 0 N–H and O–H groups in total. The van der Waals surface area contributed by atoms with Gasteiger partial charge in [-0.2, -0.15) is 0 Å². The normalized spacial score (nSPS) is 30.6. The van der Waals surface area contributed by atoms with E-state index in [-0.39, 0.29) is 16.7 Å². The van der Waals surface area contributed by atoms with E-state index in [4.69, 9.17) is 11.6 Å². The Bertz CT molecular complexity index is 310. The van der Waals surface area contributed by atoms with Crippen LogP contribution in [0.3, 0.4) is 0 Å². The molecule has 0 bridgehead atoms. The lowest BCUT2D eigenvalue weighted by Gasteiger charge is -2.17. The summed E-state index contributed by atoms with van der Waals surface area (Å²) >= 11 is 5.77. The molecule has 2 nitrogen and oxygen atoms in total. The summed E-state index contributed by atoms with van der Waals surface area (Å²) in [5.74, 6) is 1.93. The summed E-state index contributed by atoms with van der Waals surface area (Å²) in [7, 11) is 0. The molecule has 2 fully saturated rings. The quantitative estimate of drug-likeness (QED) is 0.712. The zero-order valence-electron chi connectivity index (χ0n) is 11.4. The number of likely N-dealkylation sites (tertiary alicyclic amines) is 1. The van der Waals surface area contributed by atoms with Crippen molar-refractivity contribution in [2.24, 2.45) is 22.7 Å². The number of hydrogen-bond donors (Lipinski definition) is 0. The molecule has 98 valence electrons. The van der Waals surface area contributed by atoms with Crippen LogP contribution in [0.15, 0.2) is 0 Å². The minimum Gasteiger partial charge on any atom is -0.342 e. The maximum Gasteiger partial charge on any atom is 0.226 e. The highest BCUT2D eigenvalue weighted by atomic mass is 35.5. The fraction of sp³-hybridized carbons (Fsp3) is 0.929. The second-order valence-electron chi connectivity index (χ2n) is 6.79. The van der Waals surface area contributed by atoms with E-state index in [9.17, 15) is 4.79 Å². The summed E-state index contributed by atoms with van der Waals surface area (Å²) in [6.07, 6.45) is 2.18. The Kier molecular flexibility index (Phi) is 3.22. The Hall–Kier alpha value is -0.240. The maximum atomic E-state index is 12.5. The average molecular weight is 258 g/mol. The molecule has 0 aromatic rings. The first-order valence-corrected chi connectivity index (χ1v) is 7.20. The highest BCUT2D eigenvalue weighted by molar-refractivity contribution is 6.17. The summed E-state index contributed by atoms with van der Waals surface area (Å²) < 4.78 is 0. The van der Waals surface area contributed by atoms with E-state index in [0.29, 0.717) is 17.7 Å². The predicted molar refractivity (Wildman–Crippen MR) is 71.1 cm³/mol. The number of carbonyl (C=O) groups excluding carboxylic acids is 1. The number of alkyl halides is 1. The summed E-state index contributed by atoms with van der Waals surface area (Å²) in [6.45, 7) is 10.7. The van der Waals surface area contributed by atoms with E-state index in [0.717, 1.165) is 25.9 Å². The van der Waals surface area contributed by atoms with Crippen LogP contribution >= 0.6 is 11.6 Å². The third kappa shape index (κ3) is 1.99. The van der Waals surface area contributed by atoms with Crippen LogP contribution in [-0.4, -0.2) is 29.8 Å². The molecule has 17 heavy (non-hydrogen) atoms. The molecule has 1 amide bonds. The van der Waals surface area contributed by atoms with Gasteiger partial charge in [0.15, 0.2) is 0 Å². The van der Waals surface area contributed by atoms with Gasteiger partial charge in [-0.3, -0.25) is 4.79 Å². The molecule has 3 heteroatoms. The predicted octanol–water partition coefficient (Wildman–Crippen LogP) is 3.15. The van der Waals surface area contributed by atoms with Gasteiger partial charge in [0.25, 0.3) is 0 Å². The van der Waals surface area contributed by atoms with Crippen molar-refractivity contribution in [1.82, 2.24) is 4.90 Å². The first-order chi connectivity index (χ1) is 7.82. The number of hydrogen-bond acceptors (Lipinski definition) is 1. The molecule has 1 heterocycles. The highest BCUT2D eigenvalue weighted by Gasteiger charge is 2.68. The third-order valence-corrected chi connectivity index (χ3v) is 5.60. The summed E-state index contributed by atoms with van der Waals surface area (Å²) in [6, 6.07) is 0. The van der Waals surface area contributed by atoms with E-state index >= 15 is 0 Å². The van der Waals surface area contributed by atoms with Gasteiger partial charge in [-0.1, -0.05) is 27.7 Å². The van der Waals surface area contributed by atoms with Gasteiger partial charge >= 0.3 is 0 Å². The molecule has 2 aliphatic rings. The van der Waals surface area contributed by atoms with Gasteiger partial charge in [-0.15, -0.1) is 11.6 Å². The summed E-state index contributed by atoms with van der Waals surface area (Å²) in [5, 5.41) is 0. The molecule has 0 aromatic carbocycles. The van der Waals surface area contributed by atoms with Gasteiger partial charge in [0.2, 0.25) is 5.91 Å². The first-order valence-electron chi connectivity index (χ1n) is 6.67. The van der Waals surface area contributed by atoms with Gasteiger partial charge in [-0.25, -0.2) is 0 Å². The van der Waals surface area contributed by atoms with E-state index in [1.165, 1.54) is 0 Å².